The molecule has 3 aromatic heterocycles. The van der Waals surface area contributed by atoms with Gasteiger partial charge in [0.2, 0.25) is 0 Å². The van der Waals surface area contributed by atoms with Gasteiger partial charge in [-0.1, -0.05) is 136 Å². The molecule has 18 nitrogen and oxygen atoms in total. The number of aromatic amines is 2. The number of nitrogens with zero attached hydrogens (tertiary/aromatic N) is 4. The average Bonchev–Trinajstić information content (AvgIpc) is 3.99. The van der Waals surface area contributed by atoms with Crippen LogP contribution in [-0.4, -0.2) is 102 Å². The highest BCUT2D eigenvalue weighted by Crippen LogP contribution is 2.50. The molecule has 420 valence electrons. The second kappa shape index (κ2) is 23.5. The van der Waals surface area contributed by atoms with Gasteiger partial charge >= 0.3 is 17.1 Å². The van der Waals surface area contributed by atoms with E-state index in [9.17, 15) is 43.0 Å². The number of aliphatic hydroxyl groups is 2. The Morgan fingerprint density at radius 2 is 1.18 bits per heavy atom. The van der Waals surface area contributed by atoms with Gasteiger partial charge in [0.15, 0.2) is 37.2 Å². The normalized spacial score (nSPS) is 29.2. The molecule has 3 fully saturated rings. The van der Waals surface area contributed by atoms with E-state index in [2.05, 4.69) is 66.6 Å². The van der Waals surface area contributed by atoms with Crippen LogP contribution in [0.5, 0.6) is 0 Å². The highest BCUT2D eigenvalue weighted by Gasteiger charge is 2.60. The molecule has 0 spiro atoms. The number of hydrogen-bond donors (Lipinski definition) is 5. The largest absolute Gasteiger partial charge is 0.404 e. The van der Waals surface area contributed by atoms with Crippen LogP contribution in [0.15, 0.2) is 134 Å². The second-order valence-corrected chi connectivity index (χ2v) is 26.1. The third-order valence-electron chi connectivity index (χ3n) is 15.8. The summed E-state index contributed by atoms with van der Waals surface area (Å²) in [6, 6.07) is 24.3. The SMILES string of the molecule is C=C(C)[C@]1(CC)O[C@@H](n2ccc(=O)[nH]c2=O)[C@H](F)[C@@H]1C.CC(C)[C@]1(CO)O[C@@H](n2ccc(N)nc2=O)[C@H](F)[C@@H]1O.CC(C)[C@]1(CO[Si](c2ccccc2)(c2ccccc2)C(C)(C)C)O[C@@H](n2ccc(=O)[nH]c2=O)[C@H](F)[C@@H]1C. The summed E-state index contributed by atoms with van der Waals surface area (Å²) in [5.41, 5.74) is -0.339. The van der Waals surface area contributed by atoms with Crippen molar-refractivity contribution < 1.29 is 42.0 Å². The van der Waals surface area contributed by atoms with Gasteiger partial charge < -0.3 is 34.6 Å². The number of halogens is 3. The Bertz CT molecular complexity index is 3090. The smallest absolute Gasteiger partial charge is 0.351 e. The number of H-pyrrole nitrogens is 2. The van der Waals surface area contributed by atoms with Crippen molar-refractivity contribution in [1.82, 2.24) is 28.7 Å². The number of anilines is 1. The fraction of sp³-hybridized carbons (Fsp3) is 0.527. The Hall–Kier alpha value is -6.01. The zero-order valence-corrected chi connectivity index (χ0v) is 46.5. The molecular formula is C55H74F3N7O11Si. The van der Waals surface area contributed by atoms with Crippen LogP contribution in [-0.2, 0) is 18.6 Å². The topological polar surface area (TPSA) is 248 Å². The van der Waals surface area contributed by atoms with Crippen molar-refractivity contribution in [2.24, 2.45) is 23.7 Å². The van der Waals surface area contributed by atoms with Crippen molar-refractivity contribution in [3.63, 3.8) is 0 Å². The van der Waals surface area contributed by atoms with E-state index in [1.807, 2.05) is 64.1 Å². The summed E-state index contributed by atoms with van der Waals surface area (Å²) >= 11 is 0. The molecule has 0 aliphatic carbocycles. The van der Waals surface area contributed by atoms with Crippen LogP contribution in [0.2, 0.25) is 5.04 Å². The van der Waals surface area contributed by atoms with E-state index in [-0.39, 0.29) is 29.3 Å². The van der Waals surface area contributed by atoms with Gasteiger partial charge in [0.05, 0.1) is 18.8 Å². The zero-order chi connectivity index (χ0) is 57.2. The minimum atomic E-state index is -2.90. The Morgan fingerprint density at radius 1 is 0.740 bits per heavy atom. The van der Waals surface area contributed by atoms with Gasteiger partial charge in [-0.2, -0.15) is 4.98 Å². The number of rotatable bonds is 13. The van der Waals surface area contributed by atoms with Crippen LogP contribution < -0.4 is 44.3 Å². The van der Waals surface area contributed by atoms with Gasteiger partial charge in [-0.05, 0) is 52.2 Å². The zero-order valence-electron chi connectivity index (χ0n) is 45.5. The molecule has 8 rings (SSSR count). The van der Waals surface area contributed by atoms with Gasteiger partial charge in [-0.3, -0.25) is 33.3 Å². The fourth-order valence-corrected chi connectivity index (χ4v) is 15.7. The maximum Gasteiger partial charge on any atom is 0.351 e. The maximum atomic E-state index is 15.9. The van der Waals surface area contributed by atoms with Gasteiger partial charge in [-0.15, -0.1) is 0 Å². The average molecular weight is 1090 g/mol. The number of nitrogens with two attached hydrogens (primary N) is 1. The summed E-state index contributed by atoms with van der Waals surface area (Å²) < 4.78 is 72.9. The lowest BCUT2D eigenvalue weighted by Crippen LogP contribution is -2.68. The number of nitrogen functional groups attached to an aromatic ring is 1. The Labute approximate surface area is 445 Å². The highest BCUT2D eigenvalue weighted by molar-refractivity contribution is 6.99. The predicted molar refractivity (Wildman–Crippen MR) is 289 cm³/mol. The number of aliphatic hydroxyl groups excluding tert-OH is 2. The van der Waals surface area contributed by atoms with E-state index in [0.717, 1.165) is 29.6 Å². The van der Waals surface area contributed by atoms with E-state index in [4.69, 9.17) is 24.4 Å². The highest BCUT2D eigenvalue weighted by atomic mass is 28.4. The molecule has 5 aromatic rings. The fourth-order valence-electron chi connectivity index (χ4n) is 11.1. The van der Waals surface area contributed by atoms with Crippen LogP contribution in [0, 0.1) is 23.7 Å². The first-order chi connectivity index (χ1) is 36.1. The van der Waals surface area contributed by atoms with Crippen molar-refractivity contribution in [1.29, 1.82) is 0 Å². The third kappa shape index (κ3) is 11.2. The number of ether oxygens (including phenoxy) is 3. The van der Waals surface area contributed by atoms with Crippen molar-refractivity contribution in [3.8, 4) is 0 Å². The molecule has 0 bridgehead atoms. The Balaban J connectivity index is 0.000000203. The van der Waals surface area contributed by atoms with E-state index < -0.39 is 115 Å². The number of alkyl halides is 3. The van der Waals surface area contributed by atoms with E-state index in [1.165, 1.54) is 36.8 Å². The molecule has 2 aromatic carbocycles. The summed E-state index contributed by atoms with van der Waals surface area (Å²) in [6.45, 7) is 24.7. The number of nitrogens with one attached hydrogen (secondary N) is 2. The van der Waals surface area contributed by atoms with Gasteiger partial charge in [0.1, 0.15) is 23.1 Å². The minimum absolute atomic E-state index is 0.0116. The molecule has 6 N–H and O–H groups in total. The number of benzene rings is 2. The molecule has 0 amide bonds. The Morgan fingerprint density at radius 3 is 1.57 bits per heavy atom. The van der Waals surface area contributed by atoms with Crippen LogP contribution >= 0.6 is 0 Å². The molecule has 77 heavy (non-hydrogen) atoms. The lowest BCUT2D eigenvalue weighted by Gasteiger charge is -2.46. The maximum absolute atomic E-state index is 15.9. The number of hydrogen-bond acceptors (Lipinski definition) is 13. The van der Waals surface area contributed by atoms with Crippen molar-refractivity contribution in [3.05, 3.63) is 162 Å². The van der Waals surface area contributed by atoms with Crippen molar-refractivity contribution in [2.45, 2.75) is 148 Å². The molecule has 22 heteroatoms. The minimum Gasteiger partial charge on any atom is -0.404 e. The van der Waals surface area contributed by atoms with Crippen molar-refractivity contribution >= 4 is 24.5 Å². The quantitative estimate of drug-likeness (QED) is 0.0751. The molecule has 3 aliphatic rings. The lowest BCUT2D eigenvalue weighted by atomic mass is 9.79. The molecule has 3 aliphatic heterocycles. The molecule has 0 radical (unpaired) electrons. The van der Waals surface area contributed by atoms with E-state index in [0.29, 0.717) is 6.42 Å². The van der Waals surface area contributed by atoms with Crippen LogP contribution in [0.3, 0.4) is 0 Å². The lowest BCUT2D eigenvalue weighted by molar-refractivity contribution is -0.153. The summed E-state index contributed by atoms with van der Waals surface area (Å²) in [6.07, 6.45) is -5.39. The molecule has 3 saturated heterocycles. The molecule has 12 atom stereocenters. The summed E-state index contributed by atoms with van der Waals surface area (Å²) in [7, 11) is -2.90. The monoisotopic (exact) mass is 1090 g/mol. The van der Waals surface area contributed by atoms with Gasteiger partial charge in [0.25, 0.3) is 19.4 Å². The van der Waals surface area contributed by atoms with Crippen LogP contribution in [0.1, 0.15) is 101 Å². The summed E-state index contributed by atoms with van der Waals surface area (Å²) in [5.74, 6) is -1.42. The molecule has 6 heterocycles. The number of aromatic nitrogens is 6. The summed E-state index contributed by atoms with van der Waals surface area (Å²) in [5, 5.41) is 21.5. The molecule has 0 unspecified atom stereocenters. The summed E-state index contributed by atoms with van der Waals surface area (Å²) in [4.78, 5) is 66.5. The van der Waals surface area contributed by atoms with Crippen LogP contribution in [0.4, 0.5) is 19.0 Å². The third-order valence-corrected chi connectivity index (χ3v) is 20.8. The molecule has 0 saturated carbocycles. The van der Waals surface area contributed by atoms with Gasteiger partial charge in [0, 0.05) is 42.6 Å². The Kier molecular flexibility index (Phi) is 18.4. The van der Waals surface area contributed by atoms with E-state index in [1.54, 1.807) is 27.7 Å². The van der Waals surface area contributed by atoms with Gasteiger partial charge in [-0.25, -0.2) is 27.6 Å². The first-order valence-electron chi connectivity index (χ1n) is 25.7. The van der Waals surface area contributed by atoms with E-state index >= 15 is 4.39 Å². The van der Waals surface area contributed by atoms with Crippen molar-refractivity contribution in [2.75, 3.05) is 18.9 Å². The first-order valence-corrected chi connectivity index (χ1v) is 27.6. The first kappa shape index (κ1) is 60.2. The van der Waals surface area contributed by atoms with Crippen LogP contribution in [0.25, 0.3) is 0 Å². The molecular weight excluding hydrogens is 1020 g/mol. The second-order valence-electron chi connectivity index (χ2n) is 21.8. The standard InChI is InChI=1S/C29H37FN2O4Si.C14H19FN2O3.C12H18FN3O4/c1-20(2)29(21(3)25(30)26(36-29)32-18-17-24(33)31-27(32)34)19-35-37(28(4,5)6,22-13-9-7-10-14-22)23-15-11-8-12-16-23;1-5-14(8(2)3)9(4)11(15)12(20-14)17-7-6-10(18)16-13(17)19;1-6(2)12(5-17)9(18)8(13)10(20-12)16-4-3-7(14)15-11(16)19/h7-18,20-21,25-26H,19H2,1-6H3,(H,31,33,34);6-7,9,11-12H,2,5H2,1,3-4H3,(H,16,18,19);3-4,6,8-10,17-18H,5H2,1-2H3,(H2,14,15,19)/t21-,25+,26+,29-;9-,11+,12+,14-;8-,9+,10-,12+/m001/s1. The predicted octanol–water partition coefficient (Wildman–Crippen LogP) is 5.22.